The minimum atomic E-state index is -1.15. The number of likely N-dealkylation sites (tertiary alicyclic amines) is 1. The molecule has 6 heteroatoms. The number of imidazole rings is 1. The standard InChI is InChI=1S/C22H24FIN3O/c1-22(23)7-9-26(10-8-22)21(28)16-5-6-20-19(12-16)25-14-27(20)17-4-2-3-15(11-17)18-13-24-18/h4-6,11-12,14,18H,2-3,7-10,13H2,1H3/q-1. The Balaban J connectivity index is 1.39. The summed E-state index contributed by atoms with van der Waals surface area (Å²) in [5.74, 6) is -0.0244. The molecule has 0 spiro atoms. The van der Waals surface area contributed by atoms with Crippen molar-refractivity contribution in [3.8, 4) is 0 Å². The number of amides is 1. The average Bonchev–Trinajstić information content (AvgIpc) is 3.47. The molecule has 3 heterocycles. The third-order valence-electron chi connectivity index (χ3n) is 6.00. The second kappa shape index (κ2) is 6.97. The molecule has 0 saturated carbocycles. The maximum atomic E-state index is 14.0. The van der Waals surface area contributed by atoms with Crippen molar-refractivity contribution >= 4 is 22.6 Å². The van der Waals surface area contributed by atoms with Crippen LogP contribution in [0.1, 0.15) is 43.0 Å². The average molecular weight is 492 g/mol. The second-order valence-corrected chi connectivity index (χ2v) is 11.5. The Morgan fingerprint density at radius 2 is 2.11 bits per heavy atom. The van der Waals surface area contributed by atoms with Crippen molar-refractivity contribution in [2.24, 2.45) is 0 Å². The van der Waals surface area contributed by atoms with Gasteiger partial charge >= 0.3 is 145 Å². The van der Waals surface area contributed by atoms with Crippen LogP contribution in [0.5, 0.6) is 0 Å². The zero-order valence-corrected chi connectivity index (χ0v) is 18.2. The van der Waals surface area contributed by atoms with E-state index in [1.165, 1.54) is 16.5 Å². The third kappa shape index (κ3) is 3.51. The molecule has 1 amide bonds. The molecule has 3 aliphatic rings. The summed E-state index contributed by atoms with van der Waals surface area (Å²) < 4.78 is 18.5. The van der Waals surface area contributed by atoms with Gasteiger partial charge in [0, 0.05) is 0 Å². The minimum Gasteiger partial charge on any atom is -0.00122 e. The maximum absolute atomic E-state index is 14.0. The molecule has 2 aliphatic heterocycles. The molecule has 1 atom stereocenters. The molecule has 1 unspecified atom stereocenters. The second-order valence-electron chi connectivity index (χ2n) is 8.19. The fourth-order valence-electron chi connectivity index (χ4n) is 4.08. The number of fused-ring (bicyclic) bond motifs is 1. The Morgan fingerprint density at radius 3 is 2.86 bits per heavy atom. The van der Waals surface area contributed by atoms with Crippen LogP contribution in [0.4, 0.5) is 4.39 Å². The summed E-state index contributed by atoms with van der Waals surface area (Å²) in [5, 5.41) is 0. The van der Waals surface area contributed by atoms with Gasteiger partial charge in [-0.15, -0.1) is 0 Å². The first-order valence-corrected chi connectivity index (χ1v) is 12.7. The molecule has 0 bridgehead atoms. The van der Waals surface area contributed by atoms with Crippen LogP contribution in [0.3, 0.4) is 0 Å². The zero-order valence-electron chi connectivity index (χ0n) is 16.0. The van der Waals surface area contributed by atoms with Crippen LogP contribution in [0, 0.1) is 0 Å². The van der Waals surface area contributed by atoms with Gasteiger partial charge in [-0.05, 0) is 19.8 Å². The topological polar surface area (TPSA) is 38.1 Å². The van der Waals surface area contributed by atoms with E-state index in [4.69, 9.17) is 0 Å². The molecule has 0 radical (unpaired) electrons. The number of carbonyl (C=O) groups excluding carboxylic acids is 1. The molecule has 2 aromatic rings. The van der Waals surface area contributed by atoms with E-state index in [0.717, 1.165) is 21.4 Å². The predicted octanol–water partition coefficient (Wildman–Crippen LogP) is 1.03. The number of aromatic nitrogens is 2. The quantitative estimate of drug-likeness (QED) is 0.475. The summed E-state index contributed by atoms with van der Waals surface area (Å²) >= 11 is 0.424. The number of alkyl halides is 3. The predicted molar refractivity (Wildman–Crippen MR) is 105 cm³/mol. The van der Waals surface area contributed by atoms with E-state index in [1.54, 1.807) is 17.4 Å². The Hall–Kier alpha value is -1.70. The summed E-state index contributed by atoms with van der Waals surface area (Å²) in [7, 11) is 0. The smallest absolute Gasteiger partial charge is 0.00122 e. The molecule has 1 aromatic heterocycles. The fourth-order valence-corrected chi connectivity index (χ4v) is 5.95. The summed E-state index contributed by atoms with van der Waals surface area (Å²) in [4.78, 5) is 19.2. The normalized spacial score (nSPS) is 24.4. The zero-order chi connectivity index (χ0) is 19.3. The van der Waals surface area contributed by atoms with Crippen molar-refractivity contribution < 1.29 is 30.4 Å². The number of nitrogens with zero attached hydrogens (tertiary/aromatic N) is 3. The van der Waals surface area contributed by atoms with Gasteiger partial charge in [0.2, 0.25) is 0 Å². The van der Waals surface area contributed by atoms with Crippen LogP contribution in [0.2, 0.25) is 0 Å². The number of allylic oxidation sites excluding steroid dienone is 4. The molecule has 1 aromatic carbocycles. The summed E-state index contributed by atoms with van der Waals surface area (Å²) in [6.07, 6.45) is 9.60. The van der Waals surface area contributed by atoms with Crippen LogP contribution >= 0.6 is 0 Å². The van der Waals surface area contributed by atoms with Crippen molar-refractivity contribution in [3.63, 3.8) is 0 Å². The molecule has 148 valence electrons. The van der Waals surface area contributed by atoms with E-state index >= 15 is 0 Å². The van der Waals surface area contributed by atoms with E-state index in [-0.39, 0.29) is 5.91 Å². The van der Waals surface area contributed by atoms with Gasteiger partial charge < -0.3 is 0 Å². The van der Waals surface area contributed by atoms with Crippen molar-refractivity contribution in [2.75, 3.05) is 17.5 Å². The van der Waals surface area contributed by atoms with Crippen LogP contribution in [0.25, 0.3) is 16.7 Å². The molecule has 4 nitrogen and oxygen atoms in total. The molecule has 0 N–H and O–H groups in total. The fraction of sp³-hybridized carbons (Fsp3) is 0.455. The van der Waals surface area contributed by atoms with Crippen LogP contribution < -0.4 is 21.2 Å². The minimum absolute atomic E-state index is 0.0244. The molecule has 2 saturated heterocycles. The Bertz CT molecular complexity index is 992. The Kier molecular flexibility index (Phi) is 4.56. The van der Waals surface area contributed by atoms with Gasteiger partial charge in [0.25, 0.3) is 0 Å². The first kappa shape index (κ1) is 18.3. The number of benzene rings is 1. The first-order valence-electron chi connectivity index (χ1n) is 9.94. The molecule has 28 heavy (non-hydrogen) atoms. The van der Waals surface area contributed by atoms with E-state index in [0.29, 0.717) is 52.7 Å². The van der Waals surface area contributed by atoms with Crippen molar-refractivity contribution in [1.82, 2.24) is 14.5 Å². The van der Waals surface area contributed by atoms with E-state index in [2.05, 4.69) is 21.7 Å². The van der Waals surface area contributed by atoms with E-state index in [9.17, 15) is 9.18 Å². The first-order chi connectivity index (χ1) is 13.5. The van der Waals surface area contributed by atoms with E-state index in [1.807, 2.05) is 24.5 Å². The van der Waals surface area contributed by atoms with E-state index < -0.39 is 5.67 Å². The third-order valence-corrected chi connectivity index (χ3v) is 8.56. The van der Waals surface area contributed by atoms with Gasteiger partial charge in [-0.3, -0.25) is 0 Å². The van der Waals surface area contributed by atoms with Gasteiger partial charge in [0.15, 0.2) is 0 Å². The molecule has 5 rings (SSSR count). The van der Waals surface area contributed by atoms with Crippen molar-refractivity contribution in [2.45, 2.75) is 42.2 Å². The molecular formula is C22H24FIN3O-. The van der Waals surface area contributed by atoms with Gasteiger partial charge in [-0.1, -0.05) is 0 Å². The van der Waals surface area contributed by atoms with Crippen molar-refractivity contribution in [1.29, 1.82) is 0 Å². The number of rotatable bonds is 3. The summed E-state index contributed by atoms with van der Waals surface area (Å²) in [6.45, 7) is 2.57. The monoisotopic (exact) mass is 492 g/mol. The number of piperidine rings is 1. The van der Waals surface area contributed by atoms with Gasteiger partial charge in [-0.25, -0.2) is 4.39 Å². The number of hydrogen-bond donors (Lipinski definition) is 0. The van der Waals surface area contributed by atoms with Crippen LogP contribution in [-0.4, -0.2) is 47.5 Å². The molecular weight excluding hydrogens is 468 g/mol. The van der Waals surface area contributed by atoms with Gasteiger partial charge in [-0.2, -0.15) is 0 Å². The number of carbonyl (C=O) groups is 1. The Labute approximate surface area is 174 Å². The summed E-state index contributed by atoms with van der Waals surface area (Å²) in [6, 6.07) is 5.75. The number of halogens is 2. The van der Waals surface area contributed by atoms with Gasteiger partial charge in [0.05, 0.1) is 0 Å². The number of hydrogen-bond acceptors (Lipinski definition) is 2. The van der Waals surface area contributed by atoms with Crippen LogP contribution in [0.15, 0.2) is 42.3 Å². The summed E-state index contributed by atoms with van der Waals surface area (Å²) in [5.41, 5.74) is 4.17. The SMILES string of the molecule is CC1(F)CCN(C(=O)c2ccc3c(c2)ncn3C2=CCCC(C3C[I-]3)=C2)CC1. The van der Waals surface area contributed by atoms with Crippen molar-refractivity contribution in [3.05, 3.63) is 47.8 Å². The van der Waals surface area contributed by atoms with Gasteiger partial charge in [0.1, 0.15) is 5.67 Å². The molecule has 2 fully saturated rings. The Morgan fingerprint density at radius 1 is 1.32 bits per heavy atom. The van der Waals surface area contributed by atoms with Crippen LogP contribution in [-0.2, 0) is 0 Å². The molecule has 1 aliphatic carbocycles.